The highest BCUT2D eigenvalue weighted by Gasteiger charge is 2.03. The third-order valence-corrected chi connectivity index (χ3v) is 2.36. The first-order valence-electron chi connectivity index (χ1n) is 5.05. The summed E-state index contributed by atoms with van der Waals surface area (Å²) in [6, 6.07) is 9.70. The molecule has 0 aliphatic heterocycles. The number of carbonyl (C=O) groups is 1. The second-order valence-corrected chi connectivity index (χ2v) is 3.64. The van der Waals surface area contributed by atoms with Crippen molar-refractivity contribution in [1.29, 1.82) is 0 Å². The molecule has 0 bridgehead atoms. The summed E-state index contributed by atoms with van der Waals surface area (Å²) < 4.78 is 0. The van der Waals surface area contributed by atoms with Crippen molar-refractivity contribution in [3.8, 4) is 0 Å². The number of aromatic nitrogens is 1. The molecule has 0 radical (unpaired) electrons. The van der Waals surface area contributed by atoms with Crippen molar-refractivity contribution in [2.75, 3.05) is 5.73 Å². The lowest BCUT2D eigenvalue weighted by molar-refractivity contribution is -0.119. The smallest absolute Gasteiger partial charge is 0.217 e. The van der Waals surface area contributed by atoms with Gasteiger partial charge in [0.1, 0.15) is 5.82 Å². The maximum atomic E-state index is 10.8. The van der Waals surface area contributed by atoms with Crippen LogP contribution >= 0.6 is 0 Å². The van der Waals surface area contributed by atoms with Crippen molar-refractivity contribution >= 4 is 22.6 Å². The lowest BCUT2D eigenvalue weighted by atomic mass is 10.1. The van der Waals surface area contributed by atoms with Gasteiger partial charge in [-0.25, -0.2) is 4.98 Å². The Hall–Kier alpha value is -2.10. The highest BCUT2D eigenvalue weighted by atomic mass is 16.1. The first kappa shape index (κ1) is 10.4. The van der Waals surface area contributed by atoms with E-state index in [0.717, 1.165) is 16.5 Å². The third-order valence-electron chi connectivity index (χ3n) is 2.36. The van der Waals surface area contributed by atoms with Crippen LogP contribution in [-0.4, -0.2) is 10.9 Å². The molecule has 0 aliphatic rings. The maximum absolute atomic E-state index is 10.8. The Balaban J connectivity index is 2.38. The van der Waals surface area contributed by atoms with Crippen molar-refractivity contribution in [1.82, 2.24) is 10.3 Å². The number of rotatable bonds is 2. The highest BCUT2D eigenvalue weighted by molar-refractivity contribution is 5.81. The number of anilines is 1. The van der Waals surface area contributed by atoms with Gasteiger partial charge in [-0.3, -0.25) is 4.79 Å². The van der Waals surface area contributed by atoms with Crippen molar-refractivity contribution in [3.63, 3.8) is 0 Å². The molecule has 4 heteroatoms. The van der Waals surface area contributed by atoms with Crippen LogP contribution < -0.4 is 11.1 Å². The number of benzene rings is 1. The van der Waals surface area contributed by atoms with E-state index < -0.39 is 0 Å². The number of fused-ring (bicyclic) bond motifs is 1. The predicted octanol–water partition coefficient (Wildman–Crippen LogP) is 1.45. The maximum Gasteiger partial charge on any atom is 0.217 e. The van der Waals surface area contributed by atoms with E-state index >= 15 is 0 Å². The minimum absolute atomic E-state index is 0.0763. The fourth-order valence-electron chi connectivity index (χ4n) is 1.54. The number of hydrogen-bond donors (Lipinski definition) is 2. The van der Waals surface area contributed by atoms with Crippen LogP contribution in [0.5, 0.6) is 0 Å². The average molecular weight is 215 g/mol. The van der Waals surface area contributed by atoms with Gasteiger partial charge in [0.15, 0.2) is 0 Å². The molecule has 0 saturated carbocycles. The Labute approximate surface area is 93.5 Å². The van der Waals surface area contributed by atoms with Crippen LogP contribution in [0, 0.1) is 0 Å². The summed E-state index contributed by atoms with van der Waals surface area (Å²) in [6.07, 6.45) is 0. The molecular weight excluding hydrogens is 202 g/mol. The molecule has 0 atom stereocenters. The van der Waals surface area contributed by atoms with E-state index in [9.17, 15) is 4.79 Å². The third kappa shape index (κ3) is 2.11. The van der Waals surface area contributed by atoms with Crippen molar-refractivity contribution < 1.29 is 4.79 Å². The molecule has 1 heterocycles. The second-order valence-electron chi connectivity index (χ2n) is 3.64. The largest absolute Gasteiger partial charge is 0.383 e. The number of carbonyl (C=O) groups excluding carboxylic acids is 1. The fourth-order valence-corrected chi connectivity index (χ4v) is 1.54. The number of nitrogens with one attached hydrogen (secondary N) is 1. The number of hydrogen-bond acceptors (Lipinski definition) is 3. The Morgan fingerprint density at radius 1 is 1.44 bits per heavy atom. The van der Waals surface area contributed by atoms with Crippen LogP contribution in [0.15, 0.2) is 30.3 Å². The van der Waals surface area contributed by atoms with E-state index in [1.54, 1.807) is 0 Å². The summed E-state index contributed by atoms with van der Waals surface area (Å²) >= 11 is 0. The first-order valence-corrected chi connectivity index (χ1v) is 5.05. The SMILES string of the molecule is CC(=O)NCc1cc2ccccc2nc1N. The summed E-state index contributed by atoms with van der Waals surface area (Å²) in [5, 5.41) is 3.73. The normalized spacial score (nSPS) is 10.3. The van der Waals surface area contributed by atoms with Crippen LogP contribution in [0.3, 0.4) is 0 Å². The minimum Gasteiger partial charge on any atom is -0.383 e. The zero-order valence-electron chi connectivity index (χ0n) is 9.03. The zero-order valence-corrected chi connectivity index (χ0v) is 9.03. The molecular formula is C12H13N3O. The van der Waals surface area contributed by atoms with E-state index in [1.165, 1.54) is 6.92 Å². The van der Waals surface area contributed by atoms with Gasteiger partial charge in [-0.05, 0) is 12.1 Å². The molecule has 1 aromatic heterocycles. The summed E-state index contributed by atoms with van der Waals surface area (Å²) in [4.78, 5) is 15.1. The van der Waals surface area contributed by atoms with Gasteiger partial charge in [0.25, 0.3) is 0 Å². The molecule has 0 unspecified atom stereocenters. The Morgan fingerprint density at radius 3 is 2.94 bits per heavy atom. The van der Waals surface area contributed by atoms with Crippen LogP contribution in [0.25, 0.3) is 10.9 Å². The molecule has 16 heavy (non-hydrogen) atoms. The van der Waals surface area contributed by atoms with Gasteiger partial charge in [-0.2, -0.15) is 0 Å². The summed E-state index contributed by atoms with van der Waals surface area (Å²) in [5.74, 6) is 0.389. The summed E-state index contributed by atoms with van der Waals surface area (Å²) in [7, 11) is 0. The molecule has 4 nitrogen and oxygen atoms in total. The molecule has 82 valence electrons. The predicted molar refractivity (Wildman–Crippen MR) is 63.7 cm³/mol. The van der Waals surface area contributed by atoms with Gasteiger partial charge in [0, 0.05) is 24.4 Å². The van der Waals surface area contributed by atoms with E-state index in [2.05, 4.69) is 10.3 Å². The summed E-state index contributed by atoms with van der Waals surface area (Å²) in [6.45, 7) is 1.89. The Kier molecular flexibility index (Phi) is 2.72. The molecule has 1 aromatic carbocycles. The highest BCUT2D eigenvalue weighted by Crippen LogP contribution is 2.17. The van der Waals surface area contributed by atoms with E-state index in [-0.39, 0.29) is 5.91 Å². The minimum atomic E-state index is -0.0763. The molecule has 1 amide bonds. The molecule has 2 aromatic rings. The lowest BCUT2D eigenvalue weighted by Gasteiger charge is -2.07. The first-order chi connectivity index (χ1) is 7.66. The van der Waals surface area contributed by atoms with Gasteiger partial charge in [0.2, 0.25) is 5.91 Å². The molecule has 0 aliphatic carbocycles. The fraction of sp³-hybridized carbons (Fsp3) is 0.167. The average Bonchev–Trinajstić information content (AvgIpc) is 2.26. The molecule has 3 N–H and O–H groups in total. The molecule has 0 spiro atoms. The van der Waals surface area contributed by atoms with E-state index in [4.69, 9.17) is 5.73 Å². The summed E-state index contributed by atoms with van der Waals surface area (Å²) in [5.41, 5.74) is 7.52. The molecule has 0 saturated heterocycles. The number of nitrogens with two attached hydrogens (primary N) is 1. The van der Waals surface area contributed by atoms with Crippen LogP contribution in [0.2, 0.25) is 0 Å². The van der Waals surface area contributed by atoms with Gasteiger partial charge in [-0.15, -0.1) is 0 Å². The van der Waals surface area contributed by atoms with Gasteiger partial charge in [0.05, 0.1) is 5.52 Å². The monoisotopic (exact) mass is 215 g/mol. The lowest BCUT2D eigenvalue weighted by Crippen LogP contribution is -2.20. The van der Waals surface area contributed by atoms with Crippen molar-refractivity contribution in [2.24, 2.45) is 0 Å². The number of amides is 1. The quantitative estimate of drug-likeness (QED) is 0.796. The number of para-hydroxylation sites is 1. The number of nitrogens with zero attached hydrogens (tertiary/aromatic N) is 1. The molecule has 2 rings (SSSR count). The van der Waals surface area contributed by atoms with Crippen molar-refractivity contribution in [2.45, 2.75) is 13.5 Å². The Bertz CT molecular complexity index is 537. The zero-order chi connectivity index (χ0) is 11.5. The Morgan fingerprint density at radius 2 is 2.19 bits per heavy atom. The second kappa shape index (κ2) is 4.18. The van der Waals surface area contributed by atoms with Gasteiger partial charge < -0.3 is 11.1 Å². The van der Waals surface area contributed by atoms with Gasteiger partial charge in [-0.1, -0.05) is 18.2 Å². The van der Waals surface area contributed by atoms with Crippen LogP contribution in [-0.2, 0) is 11.3 Å². The van der Waals surface area contributed by atoms with Crippen LogP contribution in [0.4, 0.5) is 5.82 Å². The van der Waals surface area contributed by atoms with Crippen LogP contribution in [0.1, 0.15) is 12.5 Å². The van der Waals surface area contributed by atoms with Gasteiger partial charge >= 0.3 is 0 Å². The van der Waals surface area contributed by atoms with E-state index in [1.807, 2.05) is 30.3 Å². The van der Waals surface area contributed by atoms with Crippen molar-refractivity contribution in [3.05, 3.63) is 35.9 Å². The topological polar surface area (TPSA) is 68.0 Å². The number of nitrogen functional groups attached to an aromatic ring is 1. The molecule has 0 fully saturated rings. The number of pyridine rings is 1. The standard InChI is InChI=1S/C12H13N3O/c1-8(16)14-7-10-6-9-4-2-3-5-11(9)15-12(10)13/h2-6H,7H2,1H3,(H2,13,15)(H,14,16). The van der Waals surface area contributed by atoms with E-state index in [0.29, 0.717) is 12.4 Å².